The number of rotatable bonds is 3. The molecule has 1 amide bonds. The van der Waals surface area contributed by atoms with Gasteiger partial charge in [0, 0.05) is 19.0 Å². The van der Waals surface area contributed by atoms with Gasteiger partial charge < -0.3 is 10.6 Å². The molecule has 128 valence electrons. The first-order valence-electron chi connectivity index (χ1n) is 7.24. The third-order valence-corrected chi connectivity index (χ3v) is 3.93. The van der Waals surface area contributed by atoms with Crippen LogP contribution >= 0.6 is 0 Å². The molecule has 1 aromatic rings. The first-order valence-corrected chi connectivity index (χ1v) is 7.24. The molecular formula is C15H17F5N2O. The van der Waals surface area contributed by atoms with Crippen LogP contribution in [0.4, 0.5) is 22.0 Å². The second-order valence-electron chi connectivity index (χ2n) is 5.68. The summed E-state index contributed by atoms with van der Waals surface area (Å²) in [5, 5.41) is 0. The first-order chi connectivity index (χ1) is 10.7. The largest absolute Gasteiger partial charge is 0.408 e. The van der Waals surface area contributed by atoms with Gasteiger partial charge in [-0.25, -0.2) is 8.78 Å². The van der Waals surface area contributed by atoms with Crippen LogP contribution in [0.3, 0.4) is 0 Å². The van der Waals surface area contributed by atoms with Crippen LogP contribution in [0.1, 0.15) is 24.8 Å². The summed E-state index contributed by atoms with van der Waals surface area (Å²) in [4.78, 5) is 12.8. The second-order valence-corrected chi connectivity index (χ2v) is 5.68. The number of amides is 1. The van der Waals surface area contributed by atoms with Crippen molar-refractivity contribution in [2.45, 2.75) is 43.9 Å². The summed E-state index contributed by atoms with van der Waals surface area (Å²) in [6.07, 6.45) is -5.09. The Morgan fingerprint density at radius 1 is 1.26 bits per heavy atom. The van der Waals surface area contributed by atoms with Crippen molar-refractivity contribution in [3.05, 3.63) is 35.4 Å². The third-order valence-electron chi connectivity index (χ3n) is 3.93. The zero-order chi connectivity index (χ0) is 17.2. The van der Waals surface area contributed by atoms with Gasteiger partial charge in [-0.2, -0.15) is 13.2 Å². The lowest BCUT2D eigenvalue weighted by atomic mass is 9.97. The van der Waals surface area contributed by atoms with Gasteiger partial charge in [0.15, 0.2) is 0 Å². The number of hydrogen-bond acceptors (Lipinski definition) is 2. The summed E-state index contributed by atoms with van der Waals surface area (Å²) in [6.45, 7) is -0.186. The van der Waals surface area contributed by atoms with Gasteiger partial charge in [0.25, 0.3) is 0 Å². The van der Waals surface area contributed by atoms with Gasteiger partial charge in [-0.1, -0.05) is 0 Å². The number of nitrogens with two attached hydrogens (primary N) is 1. The Hall–Kier alpha value is -1.70. The number of nitrogens with zero attached hydrogens (tertiary/aromatic N) is 1. The summed E-state index contributed by atoms with van der Waals surface area (Å²) in [7, 11) is 0. The Morgan fingerprint density at radius 2 is 1.96 bits per heavy atom. The maximum absolute atomic E-state index is 13.5. The molecule has 8 heteroatoms. The van der Waals surface area contributed by atoms with E-state index >= 15 is 0 Å². The van der Waals surface area contributed by atoms with E-state index in [-0.39, 0.29) is 37.8 Å². The number of alkyl halides is 3. The topological polar surface area (TPSA) is 46.3 Å². The Balaban J connectivity index is 2.06. The van der Waals surface area contributed by atoms with Crippen molar-refractivity contribution in [2.75, 3.05) is 6.54 Å². The van der Waals surface area contributed by atoms with Gasteiger partial charge in [0.1, 0.15) is 17.7 Å². The standard InChI is InChI=1S/C15H17F5N2O/c16-10-2-4-12(17)9(7-10)1-6-14(23)22-8-11(21)3-5-13(22)15(18,19)20/h2,4,7,11,13H,1,3,5-6,8,21H2/t11-,13+/m1/s1. The summed E-state index contributed by atoms with van der Waals surface area (Å²) in [5.41, 5.74) is 5.61. The number of aryl methyl sites for hydroxylation is 1. The number of benzene rings is 1. The zero-order valence-electron chi connectivity index (χ0n) is 12.2. The molecule has 3 nitrogen and oxygen atoms in total. The van der Waals surface area contributed by atoms with Crippen molar-refractivity contribution < 1.29 is 26.7 Å². The van der Waals surface area contributed by atoms with Gasteiger partial charge in [-0.3, -0.25) is 4.79 Å². The minimum absolute atomic E-state index is 0.0387. The van der Waals surface area contributed by atoms with Gasteiger partial charge >= 0.3 is 6.18 Å². The van der Waals surface area contributed by atoms with Crippen molar-refractivity contribution in [1.29, 1.82) is 0 Å². The van der Waals surface area contributed by atoms with Crippen molar-refractivity contribution >= 4 is 5.91 Å². The number of halogens is 5. The molecule has 1 heterocycles. The maximum Gasteiger partial charge on any atom is 0.408 e. The normalized spacial score (nSPS) is 22.3. The van der Waals surface area contributed by atoms with Crippen molar-refractivity contribution in [3.8, 4) is 0 Å². The van der Waals surface area contributed by atoms with Crippen molar-refractivity contribution in [3.63, 3.8) is 0 Å². The molecule has 1 saturated heterocycles. The molecule has 0 spiro atoms. The molecule has 0 saturated carbocycles. The average Bonchev–Trinajstić information content (AvgIpc) is 2.46. The van der Waals surface area contributed by atoms with Crippen molar-refractivity contribution in [2.24, 2.45) is 5.73 Å². The Kier molecular flexibility index (Phi) is 5.23. The summed E-state index contributed by atoms with van der Waals surface area (Å²) >= 11 is 0. The highest BCUT2D eigenvalue weighted by Gasteiger charge is 2.47. The molecule has 1 aromatic carbocycles. The highest BCUT2D eigenvalue weighted by molar-refractivity contribution is 5.77. The molecule has 1 aliphatic heterocycles. The van der Waals surface area contributed by atoms with Crippen LogP contribution in [-0.4, -0.2) is 35.6 Å². The molecule has 0 unspecified atom stereocenters. The molecule has 1 aliphatic rings. The Labute approximate surface area is 130 Å². The molecule has 23 heavy (non-hydrogen) atoms. The van der Waals surface area contributed by atoms with Gasteiger partial charge in [0.2, 0.25) is 5.91 Å². The first kappa shape index (κ1) is 17.7. The van der Waals surface area contributed by atoms with E-state index in [1.807, 2.05) is 0 Å². The SMILES string of the molecule is N[C@@H]1CC[C@@H](C(F)(F)F)N(C(=O)CCc2cc(F)ccc2F)C1. The van der Waals surface area contributed by atoms with E-state index in [4.69, 9.17) is 5.73 Å². The quantitative estimate of drug-likeness (QED) is 0.863. The number of piperidine rings is 1. The van der Waals surface area contributed by atoms with E-state index in [9.17, 15) is 26.7 Å². The lowest BCUT2D eigenvalue weighted by Gasteiger charge is -2.39. The summed E-state index contributed by atoms with van der Waals surface area (Å²) < 4.78 is 65.6. The van der Waals surface area contributed by atoms with Gasteiger partial charge in [0.05, 0.1) is 0 Å². The third kappa shape index (κ3) is 4.40. The number of carbonyl (C=O) groups is 1. The van der Waals surface area contributed by atoms with Gasteiger partial charge in [-0.15, -0.1) is 0 Å². The lowest BCUT2D eigenvalue weighted by molar-refractivity contribution is -0.196. The second kappa shape index (κ2) is 6.82. The van der Waals surface area contributed by atoms with Crippen LogP contribution in [0.5, 0.6) is 0 Å². The molecule has 0 aliphatic carbocycles. The summed E-state index contributed by atoms with van der Waals surface area (Å²) in [6, 6.07) is 0.413. The molecule has 0 aromatic heterocycles. The number of carbonyl (C=O) groups excluding carboxylic acids is 1. The monoisotopic (exact) mass is 336 g/mol. The minimum atomic E-state index is -4.53. The van der Waals surface area contributed by atoms with Crippen LogP contribution < -0.4 is 5.73 Å². The van der Waals surface area contributed by atoms with Crippen LogP contribution in [0, 0.1) is 11.6 Å². The van der Waals surface area contributed by atoms with E-state index in [1.165, 1.54) is 0 Å². The summed E-state index contributed by atoms with van der Waals surface area (Å²) in [5.74, 6) is -2.12. The van der Waals surface area contributed by atoms with E-state index in [2.05, 4.69) is 0 Å². The zero-order valence-corrected chi connectivity index (χ0v) is 12.2. The van der Waals surface area contributed by atoms with Crippen molar-refractivity contribution in [1.82, 2.24) is 4.90 Å². The average molecular weight is 336 g/mol. The lowest BCUT2D eigenvalue weighted by Crippen LogP contribution is -2.56. The van der Waals surface area contributed by atoms with Gasteiger partial charge in [-0.05, 0) is 43.0 Å². The Morgan fingerprint density at radius 3 is 2.61 bits per heavy atom. The fourth-order valence-corrected chi connectivity index (χ4v) is 2.74. The van der Waals surface area contributed by atoms with E-state index in [0.29, 0.717) is 4.90 Å². The fraction of sp³-hybridized carbons (Fsp3) is 0.533. The van der Waals surface area contributed by atoms with Crippen LogP contribution in [0.25, 0.3) is 0 Å². The predicted molar refractivity (Wildman–Crippen MR) is 73.4 cm³/mol. The highest BCUT2D eigenvalue weighted by Crippen LogP contribution is 2.32. The van der Waals surface area contributed by atoms with E-state index in [0.717, 1.165) is 18.2 Å². The molecule has 0 bridgehead atoms. The fourth-order valence-electron chi connectivity index (χ4n) is 2.74. The van der Waals surface area contributed by atoms with Crippen LogP contribution in [-0.2, 0) is 11.2 Å². The predicted octanol–water partition coefficient (Wildman–Crippen LogP) is 2.78. The molecule has 0 radical (unpaired) electrons. The molecule has 2 N–H and O–H groups in total. The molecule has 2 rings (SSSR count). The molecular weight excluding hydrogens is 319 g/mol. The van der Waals surface area contributed by atoms with E-state index in [1.54, 1.807) is 0 Å². The number of likely N-dealkylation sites (tertiary alicyclic amines) is 1. The van der Waals surface area contributed by atoms with E-state index < -0.39 is 35.8 Å². The van der Waals surface area contributed by atoms with Crippen LogP contribution in [0.2, 0.25) is 0 Å². The minimum Gasteiger partial charge on any atom is -0.329 e. The smallest absolute Gasteiger partial charge is 0.329 e. The van der Waals surface area contributed by atoms with Crippen LogP contribution in [0.15, 0.2) is 18.2 Å². The maximum atomic E-state index is 13.5. The Bertz CT molecular complexity index is 575. The molecule has 2 atom stereocenters. The molecule has 1 fully saturated rings. The highest BCUT2D eigenvalue weighted by atomic mass is 19.4. The number of hydrogen-bond donors (Lipinski definition) is 1.